The van der Waals surface area contributed by atoms with Crippen LogP contribution >= 0.6 is 0 Å². The van der Waals surface area contributed by atoms with E-state index in [1.54, 1.807) is 18.2 Å². The zero-order chi connectivity index (χ0) is 14.3. The summed E-state index contributed by atoms with van der Waals surface area (Å²) < 4.78 is 10.6. The van der Waals surface area contributed by atoms with Crippen LogP contribution in [-0.4, -0.2) is 32.0 Å². The highest BCUT2D eigenvalue weighted by Gasteiger charge is 2.09. The minimum atomic E-state index is -0.0539. The van der Waals surface area contributed by atoms with Crippen molar-refractivity contribution in [2.75, 3.05) is 20.3 Å². The first kappa shape index (κ1) is 15.0. The molecule has 0 aromatic heterocycles. The molecule has 0 aliphatic rings. The highest BCUT2D eigenvalue weighted by atomic mass is 16.5. The summed E-state index contributed by atoms with van der Waals surface area (Å²) in [5, 5.41) is 2.69. The summed E-state index contributed by atoms with van der Waals surface area (Å²) in [5.41, 5.74) is 0.563. The van der Waals surface area contributed by atoms with Gasteiger partial charge in [-0.05, 0) is 32.0 Å². The topological polar surface area (TPSA) is 64.6 Å². The average Bonchev–Trinajstić information content (AvgIpc) is 2.39. The van der Waals surface area contributed by atoms with E-state index >= 15 is 0 Å². The first-order valence-corrected chi connectivity index (χ1v) is 6.17. The summed E-state index contributed by atoms with van der Waals surface area (Å²) in [5.74, 6) is 0.925. The third kappa shape index (κ3) is 4.62. The monoisotopic (exact) mass is 265 g/mol. The summed E-state index contributed by atoms with van der Waals surface area (Å²) in [6.45, 7) is 4.23. The van der Waals surface area contributed by atoms with Gasteiger partial charge in [0.15, 0.2) is 17.3 Å². The zero-order valence-corrected chi connectivity index (χ0v) is 11.5. The minimum absolute atomic E-state index is 0.0350. The van der Waals surface area contributed by atoms with Crippen LogP contribution in [0.3, 0.4) is 0 Å². The van der Waals surface area contributed by atoms with Crippen molar-refractivity contribution >= 4 is 11.7 Å². The molecule has 104 valence electrons. The van der Waals surface area contributed by atoms with E-state index in [1.807, 2.05) is 6.92 Å². The molecule has 1 aromatic carbocycles. The summed E-state index contributed by atoms with van der Waals surface area (Å²) in [6.07, 6.45) is 0.283. The van der Waals surface area contributed by atoms with Gasteiger partial charge >= 0.3 is 0 Å². The molecule has 0 radical (unpaired) electrons. The number of hydrogen-bond donors (Lipinski definition) is 1. The van der Waals surface area contributed by atoms with Gasteiger partial charge in [0, 0.05) is 12.1 Å². The molecule has 0 heterocycles. The van der Waals surface area contributed by atoms with Crippen molar-refractivity contribution in [1.29, 1.82) is 0 Å². The van der Waals surface area contributed by atoms with E-state index in [-0.39, 0.29) is 24.7 Å². The Balaban J connectivity index is 2.63. The summed E-state index contributed by atoms with van der Waals surface area (Å²) in [7, 11) is 1.51. The number of ketones is 1. The van der Waals surface area contributed by atoms with E-state index in [9.17, 15) is 9.59 Å². The molecule has 1 amide bonds. The Bertz CT molecular complexity index is 457. The second-order valence-corrected chi connectivity index (χ2v) is 3.97. The van der Waals surface area contributed by atoms with Crippen molar-refractivity contribution in [1.82, 2.24) is 5.32 Å². The molecule has 0 atom stereocenters. The van der Waals surface area contributed by atoms with Crippen LogP contribution in [0.2, 0.25) is 0 Å². The van der Waals surface area contributed by atoms with E-state index in [4.69, 9.17) is 9.47 Å². The number of amides is 1. The fraction of sp³-hybridized carbons (Fsp3) is 0.429. The van der Waals surface area contributed by atoms with Gasteiger partial charge in [0.2, 0.25) is 5.91 Å². The van der Waals surface area contributed by atoms with Crippen molar-refractivity contribution in [3.05, 3.63) is 23.8 Å². The molecule has 0 aliphatic carbocycles. The molecule has 5 heteroatoms. The molecule has 1 aromatic rings. The van der Waals surface area contributed by atoms with Crippen LogP contribution in [0, 0.1) is 0 Å². The van der Waals surface area contributed by atoms with E-state index in [2.05, 4.69) is 5.32 Å². The smallest absolute Gasteiger partial charge is 0.223 e. The molecule has 0 aliphatic heterocycles. The lowest BCUT2D eigenvalue weighted by molar-refractivity contribution is -0.121. The molecular formula is C14H19NO4. The first-order chi connectivity index (χ1) is 9.08. The van der Waals surface area contributed by atoms with Crippen molar-refractivity contribution in [3.63, 3.8) is 0 Å². The van der Waals surface area contributed by atoms with Gasteiger partial charge in [-0.2, -0.15) is 0 Å². The molecule has 0 bridgehead atoms. The number of ether oxygens (including phenoxy) is 2. The number of carbonyl (C=O) groups excluding carboxylic acids is 2. The van der Waals surface area contributed by atoms with Gasteiger partial charge < -0.3 is 14.8 Å². The Morgan fingerprint density at radius 3 is 2.58 bits per heavy atom. The molecule has 0 saturated carbocycles. The molecule has 0 spiro atoms. The first-order valence-electron chi connectivity index (χ1n) is 6.17. The summed E-state index contributed by atoms with van der Waals surface area (Å²) in [4.78, 5) is 22.5. The second kappa shape index (κ2) is 7.41. The van der Waals surface area contributed by atoms with Crippen LogP contribution in [-0.2, 0) is 4.79 Å². The van der Waals surface area contributed by atoms with Crippen molar-refractivity contribution < 1.29 is 19.1 Å². The third-order valence-electron chi connectivity index (χ3n) is 2.53. The Morgan fingerprint density at radius 1 is 1.26 bits per heavy atom. The van der Waals surface area contributed by atoms with Crippen LogP contribution < -0.4 is 14.8 Å². The number of hydrogen-bond acceptors (Lipinski definition) is 4. The molecule has 19 heavy (non-hydrogen) atoms. The Hall–Kier alpha value is -2.04. The van der Waals surface area contributed by atoms with Gasteiger partial charge in [0.25, 0.3) is 0 Å². The average molecular weight is 265 g/mol. The number of carbonyl (C=O) groups is 2. The van der Waals surface area contributed by atoms with Crippen LogP contribution in [0.25, 0.3) is 0 Å². The highest BCUT2D eigenvalue weighted by Crippen LogP contribution is 2.28. The van der Waals surface area contributed by atoms with Crippen LogP contribution in [0.5, 0.6) is 11.5 Å². The largest absolute Gasteiger partial charge is 0.493 e. The van der Waals surface area contributed by atoms with Gasteiger partial charge in [0.1, 0.15) is 0 Å². The fourth-order valence-electron chi connectivity index (χ4n) is 1.55. The Kier molecular flexibility index (Phi) is 5.85. The predicted octanol–water partition coefficient (Wildman–Crippen LogP) is 1.80. The van der Waals surface area contributed by atoms with E-state index in [1.165, 1.54) is 14.0 Å². The summed E-state index contributed by atoms with van der Waals surface area (Å²) in [6, 6.07) is 4.98. The Morgan fingerprint density at radius 2 is 2.00 bits per heavy atom. The number of Topliss-reactive ketones (excluding diaryl/α,β-unsaturated/α-hetero) is 1. The van der Waals surface area contributed by atoms with Gasteiger partial charge in [-0.15, -0.1) is 0 Å². The maximum absolute atomic E-state index is 11.3. The van der Waals surface area contributed by atoms with Gasteiger partial charge in [0.05, 0.1) is 20.1 Å². The maximum atomic E-state index is 11.3. The molecule has 1 rings (SSSR count). The highest BCUT2D eigenvalue weighted by molar-refractivity contribution is 5.94. The number of rotatable bonds is 7. The van der Waals surface area contributed by atoms with E-state index < -0.39 is 0 Å². The SMILES string of the molecule is CCNC(=O)CCOc1ccc(C(C)=O)cc1OC. The van der Waals surface area contributed by atoms with Gasteiger partial charge in [-0.3, -0.25) is 9.59 Å². The number of methoxy groups -OCH3 is 1. The standard InChI is InChI=1S/C14H19NO4/c1-4-15-14(17)7-8-19-12-6-5-11(10(2)16)9-13(12)18-3/h5-6,9H,4,7-8H2,1-3H3,(H,15,17). The molecule has 0 unspecified atom stereocenters. The minimum Gasteiger partial charge on any atom is -0.493 e. The molecule has 1 N–H and O–H groups in total. The lowest BCUT2D eigenvalue weighted by Crippen LogP contribution is -2.24. The Labute approximate surface area is 112 Å². The summed E-state index contributed by atoms with van der Waals surface area (Å²) >= 11 is 0. The van der Waals surface area contributed by atoms with Crippen molar-refractivity contribution in [2.24, 2.45) is 0 Å². The van der Waals surface area contributed by atoms with E-state index in [0.29, 0.717) is 23.6 Å². The second-order valence-electron chi connectivity index (χ2n) is 3.97. The molecular weight excluding hydrogens is 246 g/mol. The lowest BCUT2D eigenvalue weighted by Gasteiger charge is -2.11. The predicted molar refractivity (Wildman–Crippen MR) is 71.8 cm³/mol. The molecule has 5 nitrogen and oxygen atoms in total. The van der Waals surface area contributed by atoms with Gasteiger partial charge in [-0.1, -0.05) is 0 Å². The molecule has 0 fully saturated rings. The zero-order valence-electron chi connectivity index (χ0n) is 11.5. The lowest BCUT2D eigenvalue weighted by atomic mass is 10.1. The quantitative estimate of drug-likeness (QED) is 0.763. The van der Waals surface area contributed by atoms with E-state index in [0.717, 1.165) is 0 Å². The number of benzene rings is 1. The normalized spacial score (nSPS) is 9.84. The fourth-order valence-corrected chi connectivity index (χ4v) is 1.55. The number of nitrogens with one attached hydrogen (secondary N) is 1. The van der Waals surface area contributed by atoms with Crippen LogP contribution in [0.15, 0.2) is 18.2 Å². The van der Waals surface area contributed by atoms with Crippen molar-refractivity contribution in [2.45, 2.75) is 20.3 Å². The van der Waals surface area contributed by atoms with Crippen LogP contribution in [0.1, 0.15) is 30.6 Å². The van der Waals surface area contributed by atoms with Gasteiger partial charge in [-0.25, -0.2) is 0 Å². The third-order valence-corrected chi connectivity index (χ3v) is 2.53. The molecule has 0 saturated heterocycles. The van der Waals surface area contributed by atoms with Crippen molar-refractivity contribution in [3.8, 4) is 11.5 Å². The van der Waals surface area contributed by atoms with Crippen LogP contribution in [0.4, 0.5) is 0 Å². The maximum Gasteiger partial charge on any atom is 0.223 e.